The summed E-state index contributed by atoms with van der Waals surface area (Å²) in [7, 11) is 0. The standard InChI is InChI=1S/C19H21N3O3/c23-18(22-9-11-25-19(13-22)7-10-24-14-19)21-17-6-8-20-12-16(17)15-4-2-1-3-5-15/h1-6,8,12H,7,9-11,13-14H2,(H,20,21,23). The molecular weight excluding hydrogens is 318 g/mol. The summed E-state index contributed by atoms with van der Waals surface area (Å²) < 4.78 is 11.4. The summed E-state index contributed by atoms with van der Waals surface area (Å²) in [6, 6.07) is 11.6. The zero-order valence-electron chi connectivity index (χ0n) is 14.0. The van der Waals surface area contributed by atoms with E-state index >= 15 is 0 Å². The predicted octanol–water partition coefficient (Wildman–Crippen LogP) is 2.77. The van der Waals surface area contributed by atoms with Crippen molar-refractivity contribution in [3.8, 4) is 11.1 Å². The first kappa shape index (κ1) is 16.1. The second kappa shape index (κ2) is 6.82. The van der Waals surface area contributed by atoms with Crippen LogP contribution in [0.15, 0.2) is 48.8 Å². The van der Waals surface area contributed by atoms with Crippen LogP contribution in [0, 0.1) is 0 Å². The number of hydrogen-bond donors (Lipinski definition) is 1. The number of urea groups is 1. The fourth-order valence-corrected chi connectivity index (χ4v) is 3.39. The molecule has 2 amide bonds. The van der Waals surface area contributed by atoms with E-state index in [0.717, 1.165) is 23.2 Å². The molecule has 6 nitrogen and oxygen atoms in total. The quantitative estimate of drug-likeness (QED) is 0.914. The van der Waals surface area contributed by atoms with Gasteiger partial charge in [0.05, 0.1) is 25.4 Å². The van der Waals surface area contributed by atoms with Crippen LogP contribution < -0.4 is 5.32 Å². The molecule has 0 bridgehead atoms. The fraction of sp³-hybridized carbons (Fsp3) is 0.368. The molecule has 2 saturated heterocycles. The third-order valence-corrected chi connectivity index (χ3v) is 4.75. The molecule has 2 aliphatic rings. The summed E-state index contributed by atoms with van der Waals surface area (Å²) >= 11 is 0. The van der Waals surface area contributed by atoms with E-state index in [1.807, 2.05) is 41.3 Å². The lowest BCUT2D eigenvalue weighted by molar-refractivity contribution is -0.0964. The second-order valence-electron chi connectivity index (χ2n) is 6.47. The number of carbonyl (C=O) groups is 1. The number of pyridine rings is 1. The first-order chi connectivity index (χ1) is 12.3. The van der Waals surface area contributed by atoms with Crippen LogP contribution in [-0.2, 0) is 9.47 Å². The van der Waals surface area contributed by atoms with Gasteiger partial charge in [0.25, 0.3) is 0 Å². The van der Waals surface area contributed by atoms with Crippen LogP contribution in [0.5, 0.6) is 0 Å². The minimum absolute atomic E-state index is 0.113. The number of morpholine rings is 1. The lowest BCUT2D eigenvalue weighted by Crippen LogP contribution is -2.55. The molecule has 1 spiro atoms. The maximum Gasteiger partial charge on any atom is 0.322 e. The van der Waals surface area contributed by atoms with Crippen LogP contribution in [0.3, 0.4) is 0 Å². The second-order valence-corrected chi connectivity index (χ2v) is 6.47. The zero-order valence-corrected chi connectivity index (χ0v) is 14.0. The molecule has 25 heavy (non-hydrogen) atoms. The topological polar surface area (TPSA) is 63.7 Å². The first-order valence-electron chi connectivity index (χ1n) is 8.53. The average Bonchev–Trinajstić information content (AvgIpc) is 3.10. The van der Waals surface area contributed by atoms with Crippen LogP contribution in [-0.4, -0.2) is 54.4 Å². The van der Waals surface area contributed by atoms with Gasteiger partial charge in [-0.15, -0.1) is 0 Å². The van der Waals surface area contributed by atoms with Crippen molar-refractivity contribution in [3.63, 3.8) is 0 Å². The zero-order chi connectivity index (χ0) is 17.1. The van der Waals surface area contributed by atoms with Crippen LogP contribution in [0.2, 0.25) is 0 Å². The number of nitrogens with zero attached hydrogens (tertiary/aromatic N) is 2. The Balaban J connectivity index is 1.52. The van der Waals surface area contributed by atoms with Crippen LogP contribution in [0.1, 0.15) is 6.42 Å². The summed E-state index contributed by atoms with van der Waals surface area (Å²) in [6.45, 7) is 2.93. The molecule has 4 rings (SSSR count). The molecule has 6 heteroatoms. The molecule has 2 fully saturated rings. The van der Waals surface area contributed by atoms with Crippen molar-refractivity contribution in [2.24, 2.45) is 0 Å². The smallest absolute Gasteiger partial charge is 0.322 e. The molecule has 1 unspecified atom stereocenters. The lowest BCUT2D eigenvalue weighted by Gasteiger charge is -2.39. The highest BCUT2D eigenvalue weighted by molar-refractivity contribution is 5.94. The summed E-state index contributed by atoms with van der Waals surface area (Å²) in [5.74, 6) is 0. The molecule has 130 valence electrons. The van der Waals surface area contributed by atoms with Crippen LogP contribution >= 0.6 is 0 Å². The predicted molar refractivity (Wildman–Crippen MR) is 94.4 cm³/mol. The van der Waals surface area contributed by atoms with Gasteiger partial charge in [-0.25, -0.2) is 4.79 Å². The first-order valence-corrected chi connectivity index (χ1v) is 8.53. The minimum Gasteiger partial charge on any atom is -0.378 e. The molecule has 1 atom stereocenters. The summed E-state index contributed by atoms with van der Waals surface area (Å²) in [5, 5.41) is 3.04. The fourth-order valence-electron chi connectivity index (χ4n) is 3.39. The number of hydrogen-bond acceptors (Lipinski definition) is 4. The number of carbonyl (C=O) groups excluding carboxylic acids is 1. The number of amides is 2. The van der Waals surface area contributed by atoms with Crippen molar-refractivity contribution in [1.82, 2.24) is 9.88 Å². The molecule has 0 saturated carbocycles. The van der Waals surface area contributed by atoms with Crippen molar-refractivity contribution in [3.05, 3.63) is 48.8 Å². The number of nitrogens with one attached hydrogen (secondary N) is 1. The maximum absolute atomic E-state index is 12.8. The van der Waals surface area contributed by atoms with E-state index in [1.165, 1.54) is 0 Å². The van der Waals surface area contributed by atoms with Crippen molar-refractivity contribution in [1.29, 1.82) is 0 Å². The third kappa shape index (κ3) is 3.36. The van der Waals surface area contributed by atoms with E-state index in [-0.39, 0.29) is 11.6 Å². The van der Waals surface area contributed by atoms with Gasteiger partial charge in [-0.2, -0.15) is 0 Å². The van der Waals surface area contributed by atoms with E-state index in [2.05, 4.69) is 10.3 Å². The summed E-state index contributed by atoms with van der Waals surface area (Å²) in [6.07, 6.45) is 4.30. The van der Waals surface area contributed by atoms with Crippen molar-refractivity contribution in [2.75, 3.05) is 38.2 Å². The average molecular weight is 339 g/mol. The van der Waals surface area contributed by atoms with Gasteiger partial charge >= 0.3 is 6.03 Å². The number of aromatic nitrogens is 1. The maximum atomic E-state index is 12.8. The molecule has 2 aliphatic heterocycles. The van der Waals surface area contributed by atoms with Gasteiger partial charge in [0.15, 0.2) is 0 Å². The van der Waals surface area contributed by atoms with Gasteiger partial charge in [-0.1, -0.05) is 30.3 Å². The van der Waals surface area contributed by atoms with E-state index in [0.29, 0.717) is 32.9 Å². The largest absolute Gasteiger partial charge is 0.378 e. The van der Waals surface area contributed by atoms with E-state index in [9.17, 15) is 4.79 Å². The minimum atomic E-state index is -0.337. The Morgan fingerprint density at radius 3 is 2.88 bits per heavy atom. The Labute approximate surface area is 146 Å². The van der Waals surface area contributed by atoms with Gasteiger partial charge in [-0.05, 0) is 11.6 Å². The Hall–Kier alpha value is -2.44. The van der Waals surface area contributed by atoms with E-state index in [1.54, 1.807) is 12.4 Å². The Morgan fingerprint density at radius 1 is 1.20 bits per heavy atom. The summed E-state index contributed by atoms with van der Waals surface area (Å²) in [4.78, 5) is 18.8. The molecule has 1 aromatic carbocycles. The molecular formula is C19H21N3O3. The highest BCUT2D eigenvalue weighted by Crippen LogP contribution is 2.29. The van der Waals surface area contributed by atoms with Crippen molar-refractivity contribution >= 4 is 11.7 Å². The number of ether oxygens (including phenoxy) is 2. The van der Waals surface area contributed by atoms with Gasteiger partial charge < -0.3 is 19.7 Å². The Morgan fingerprint density at radius 2 is 2.08 bits per heavy atom. The monoisotopic (exact) mass is 339 g/mol. The van der Waals surface area contributed by atoms with E-state index < -0.39 is 0 Å². The third-order valence-electron chi connectivity index (χ3n) is 4.75. The molecule has 3 heterocycles. The molecule has 0 radical (unpaired) electrons. The van der Waals surface area contributed by atoms with E-state index in [4.69, 9.17) is 9.47 Å². The van der Waals surface area contributed by atoms with Gasteiger partial charge in [-0.3, -0.25) is 4.98 Å². The SMILES string of the molecule is O=C(Nc1ccncc1-c1ccccc1)N1CCOC2(CCOC2)C1. The molecule has 2 aromatic rings. The van der Waals surface area contributed by atoms with Crippen molar-refractivity contribution < 1.29 is 14.3 Å². The Kier molecular flexibility index (Phi) is 4.38. The van der Waals surface area contributed by atoms with Gasteiger partial charge in [0, 0.05) is 37.5 Å². The van der Waals surface area contributed by atoms with Crippen LogP contribution in [0.25, 0.3) is 11.1 Å². The number of benzene rings is 1. The lowest BCUT2D eigenvalue weighted by atomic mass is 10.0. The normalized spacial score (nSPS) is 23.0. The number of anilines is 1. The number of rotatable bonds is 2. The highest BCUT2D eigenvalue weighted by atomic mass is 16.6. The van der Waals surface area contributed by atoms with Crippen LogP contribution in [0.4, 0.5) is 10.5 Å². The van der Waals surface area contributed by atoms with Gasteiger partial charge in [0.1, 0.15) is 5.60 Å². The highest BCUT2D eigenvalue weighted by Gasteiger charge is 2.41. The molecule has 0 aliphatic carbocycles. The van der Waals surface area contributed by atoms with Gasteiger partial charge in [0.2, 0.25) is 0 Å². The van der Waals surface area contributed by atoms with Crippen molar-refractivity contribution in [2.45, 2.75) is 12.0 Å². The molecule has 1 N–H and O–H groups in total. The Bertz CT molecular complexity index is 745. The molecule has 1 aromatic heterocycles. The summed E-state index contributed by atoms with van der Waals surface area (Å²) in [5.41, 5.74) is 2.35.